The van der Waals surface area contributed by atoms with Crippen LogP contribution in [0.1, 0.15) is 184 Å². The number of rotatable bonds is 56. The van der Waals surface area contributed by atoms with Gasteiger partial charge in [-0.25, -0.2) is 4.79 Å². The number of nitrogens with one attached hydrogen (secondary N) is 16. The van der Waals surface area contributed by atoms with E-state index in [0.717, 1.165) is 27.7 Å². The van der Waals surface area contributed by atoms with Gasteiger partial charge in [0.1, 0.15) is 96.7 Å². The molecule has 2 saturated heterocycles. The number of aliphatic hydroxyl groups is 4. The van der Waals surface area contributed by atoms with Gasteiger partial charge in [-0.1, -0.05) is 66.2 Å². The zero-order valence-electron chi connectivity index (χ0n) is 75.5. The Labute approximate surface area is 760 Å². The Morgan fingerprint density at radius 2 is 0.826 bits per heavy atom. The number of hydrogen-bond acceptors (Lipinski definition) is 26. The highest BCUT2D eigenvalue weighted by Crippen LogP contribution is 2.27. The summed E-state index contributed by atoms with van der Waals surface area (Å²) in [5.74, 6) is -26.0. The van der Waals surface area contributed by atoms with Gasteiger partial charge in [0.25, 0.3) is 0 Å². The lowest BCUT2D eigenvalue weighted by Crippen LogP contribution is -2.63. The number of hydrogen-bond donors (Lipinski definition) is 27. The maximum atomic E-state index is 14.8. The molecule has 4 rings (SSSR count). The number of guanidine groups is 1. The highest BCUT2D eigenvalue weighted by Gasteiger charge is 2.46. The molecule has 49 nitrogen and oxygen atoms in total. The van der Waals surface area contributed by atoms with E-state index in [2.05, 4.69) is 79.4 Å². The van der Waals surface area contributed by atoms with Gasteiger partial charge in [0, 0.05) is 68.8 Å². The molecule has 132 heavy (non-hydrogen) atoms. The van der Waals surface area contributed by atoms with Gasteiger partial charge in [0.15, 0.2) is 5.96 Å². The number of fused-ring (bicyclic) bond motifs is 1. The standard InChI is InChI=1S/C83H130N20O29/c1-12-39(6)63(81(130)103-33-17-21-55(103)73(122)94-52(82(131)132)26-30-60(114)115)98-74(123)56-22-16-32-102(56)80(129)54(34-37(2)3)96-70(119)49(23-27-57(108)109)91-68(117)48(20-15-31-87-83(85)86)90-67(116)40(7)89-77(126)64(42(9)105)101-79(128)66(44(11)107)99-71(120)51(25-29-59(112)113)92-76(125)62(38(4)5)97-72(121)53(35-45-36-88-47-19-14-13-18-46(45)47)95-69(118)50(24-28-58(110)111)93-78(127)65(43(10)106)100-75(124)61(84)41(8)104/h13-14,18-19,36-44,48-56,61-66,88,104-107H,12,15-17,20-35,84H2,1-11H3,(H,89,126)(H,90,116)(H,91,117)(H,92,125)(H,93,127)(H,94,122)(H,95,118)(H,96,119)(H,97,121)(H,98,123)(H,99,120)(H,100,124)(H,101,128)(H,108,109)(H,110,111)(H,112,113)(H,114,115)(H,131,132)(H4,85,86,87)/t39-,40-,41+,42+,43+,44+,48-,49-,50-,51-,52-,53-,54-,55-,56-,61-,62-,63-,64-,65-,66-/m0/s1. The summed E-state index contributed by atoms with van der Waals surface area (Å²) in [6.45, 7) is 14.9. The zero-order valence-corrected chi connectivity index (χ0v) is 75.5. The smallest absolute Gasteiger partial charge is 0.326 e. The number of nitrogens with two attached hydrogens (primary N) is 2. The van der Waals surface area contributed by atoms with Crippen molar-refractivity contribution in [3.63, 3.8) is 0 Å². The largest absolute Gasteiger partial charge is 0.481 e. The first-order chi connectivity index (χ1) is 61.8. The number of benzene rings is 1. The van der Waals surface area contributed by atoms with E-state index >= 15 is 0 Å². The number of aromatic nitrogens is 1. The van der Waals surface area contributed by atoms with Crippen LogP contribution in [0.25, 0.3) is 10.9 Å². The zero-order chi connectivity index (χ0) is 99.6. The fourth-order valence-electron chi connectivity index (χ4n) is 14.5. The van der Waals surface area contributed by atoms with Crippen molar-refractivity contribution in [1.82, 2.24) is 89.2 Å². The third-order valence-corrected chi connectivity index (χ3v) is 22.2. The predicted octanol–water partition coefficient (Wildman–Crippen LogP) is -6.58. The summed E-state index contributed by atoms with van der Waals surface area (Å²) in [5.41, 5.74) is 12.2. The first-order valence-electron chi connectivity index (χ1n) is 43.6. The fraction of sp³-hybridized carbons (Fsp3) is 0.651. The van der Waals surface area contributed by atoms with Crippen molar-refractivity contribution in [2.45, 2.75) is 306 Å². The molecule has 0 bridgehead atoms. The number of nitrogens with zero attached hydrogens (tertiary/aromatic N) is 2. The summed E-state index contributed by atoms with van der Waals surface area (Å²) in [4.78, 5) is 278. The van der Waals surface area contributed by atoms with Gasteiger partial charge in [0.05, 0.1) is 24.4 Å². The number of carboxylic acids is 5. The first kappa shape index (κ1) is 112. The van der Waals surface area contributed by atoms with E-state index in [1.807, 2.05) is 0 Å². The summed E-state index contributed by atoms with van der Waals surface area (Å²) in [5, 5.41) is 132. The molecule has 736 valence electrons. The van der Waals surface area contributed by atoms with Crippen molar-refractivity contribution >= 4 is 135 Å². The molecule has 21 atom stereocenters. The number of aromatic amines is 1. The van der Waals surface area contributed by atoms with Gasteiger partial charge < -0.3 is 147 Å². The Balaban J connectivity index is 1.57. The highest BCUT2D eigenvalue weighted by atomic mass is 16.4. The van der Waals surface area contributed by atoms with Crippen LogP contribution in [0.15, 0.2) is 30.5 Å². The molecule has 0 unspecified atom stereocenters. The molecule has 49 heteroatoms. The Hall–Kier alpha value is -12.8. The number of carboxylic acid groups (broad SMARTS) is 5. The van der Waals surface area contributed by atoms with Crippen LogP contribution in [0.5, 0.6) is 0 Å². The lowest BCUT2D eigenvalue weighted by molar-refractivity contribution is -0.147. The molecule has 15 amide bonds. The van der Waals surface area contributed by atoms with Crippen LogP contribution in [-0.2, 0) is 102 Å². The van der Waals surface area contributed by atoms with Crippen molar-refractivity contribution in [2.24, 2.45) is 29.2 Å². The van der Waals surface area contributed by atoms with E-state index in [-0.39, 0.29) is 70.5 Å². The summed E-state index contributed by atoms with van der Waals surface area (Å²) in [6, 6.07) is -20.1. The van der Waals surface area contributed by atoms with Crippen LogP contribution in [0, 0.1) is 23.2 Å². The van der Waals surface area contributed by atoms with Crippen LogP contribution in [0.4, 0.5) is 0 Å². The second kappa shape index (κ2) is 53.5. The normalized spacial score (nSPS) is 18.0. The summed E-state index contributed by atoms with van der Waals surface area (Å²) >= 11 is 0. The van der Waals surface area contributed by atoms with Gasteiger partial charge >= 0.3 is 29.8 Å². The third-order valence-electron chi connectivity index (χ3n) is 22.2. The van der Waals surface area contributed by atoms with Gasteiger partial charge in [-0.3, -0.25) is 96.5 Å². The van der Waals surface area contributed by atoms with Crippen molar-refractivity contribution in [3.8, 4) is 0 Å². The number of carbonyl (C=O) groups is 20. The number of amides is 15. The quantitative estimate of drug-likeness (QED) is 0.0166. The van der Waals surface area contributed by atoms with Crippen LogP contribution in [-0.4, -0.2) is 326 Å². The van der Waals surface area contributed by atoms with E-state index in [9.17, 15) is 137 Å². The van der Waals surface area contributed by atoms with Crippen molar-refractivity contribution in [1.29, 1.82) is 5.41 Å². The van der Waals surface area contributed by atoms with Gasteiger partial charge in [-0.2, -0.15) is 0 Å². The SMILES string of the molecule is CC[C@H](C)[C@H](NC(=O)[C@@H]1CCCN1C(=O)[C@H](CC(C)C)NC(=O)[C@H](CCC(=O)O)NC(=O)[C@H](CCCNC(=N)N)NC(=O)[C@H](C)NC(=O)[C@@H](NC(=O)[C@@H](NC(=O)[C@H](CCC(=O)O)NC(=O)[C@@H](NC(=O)[C@H](Cc1c[nH]c2ccccc12)NC(=O)[C@H](CCC(=O)O)NC(=O)[C@@H](NC(=O)[C@@H](N)[C@@H](C)O)[C@@H](C)O)C(C)C)[C@@H](C)O)[C@@H](C)O)C(=O)N1CCC[C@H]1C(=O)N[C@@H](CCC(=O)O)C(=O)O. The summed E-state index contributed by atoms with van der Waals surface area (Å²) in [6.07, 6.45) is -10.7. The minimum atomic E-state index is -2.13. The molecule has 2 aromatic rings. The van der Waals surface area contributed by atoms with Crippen molar-refractivity contribution in [2.75, 3.05) is 19.6 Å². The van der Waals surface area contributed by atoms with Crippen molar-refractivity contribution in [3.05, 3.63) is 36.0 Å². The molecule has 0 saturated carbocycles. The van der Waals surface area contributed by atoms with Crippen LogP contribution >= 0.6 is 0 Å². The maximum absolute atomic E-state index is 14.8. The molecular weight excluding hydrogens is 1740 g/mol. The predicted molar refractivity (Wildman–Crippen MR) is 465 cm³/mol. The Kier molecular flexibility index (Phi) is 45.2. The topological polar surface area (TPSA) is 790 Å². The lowest BCUT2D eigenvalue weighted by Gasteiger charge is -2.34. The molecule has 2 fully saturated rings. The molecule has 0 aliphatic carbocycles. The molecule has 29 N–H and O–H groups in total. The minimum Gasteiger partial charge on any atom is -0.481 e. The highest BCUT2D eigenvalue weighted by molar-refractivity contribution is 6.02. The second-order valence-corrected chi connectivity index (χ2v) is 33.8. The minimum absolute atomic E-state index is 0.0320. The molecule has 2 aliphatic rings. The number of H-pyrrole nitrogens is 1. The van der Waals surface area contributed by atoms with E-state index < -0.39 is 309 Å². The van der Waals surface area contributed by atoms with Crippen LogP contribution < -0.4 is 85.9 Å². The van der Waals surface area contributed by atoms with E-state index in [0.29, 0.717) is 29.3 Å². The Bertz CT molecular complexity index is 4430. The Morgan fingerprint density at radius 1 is 0.439 bits per heavy atom. The molecule has 0 spiro atoms. The van der Waals surface area contributed by atoms with Crippen LogP contribution in [0.2, 0.25) is 0 Å². The molecular formula is C83H130N20O29. The van der Waals surface area contributed by atoms with Crippen LogP contribution in [0.3, 0.4) is 0 Å². The maximum Gasteiger partial charge on any atom is 0.326 e. The number of aliphatic carboxylic acids is 5. The molecule has 0 radical (unpaired) electrons. The van der Waals surface area contributed by atoms with E-state index in [1.54, 1.807) is 52.0 Å². The average Bonchev–Trinajstić information content (AvgIpc) is 1.75. The fourth-order valence-corrected chi connectivity index (χ4v) is 14.5. The average molecular weight is 1870 g/mol. The lowest BCUT2D eigenvalue weighted by atomic mass is 9.96. The number of likely N-dealkylation sites (tertiary alicyclic amines) is 2. The first-order valence-corrected chi connectivity index (χ1v) is 43.6. The van der Waals surface area contributed by atoms with E-state index in [1.165, 1.54) is 36.8 Å². The third kappa shape index (κ3) is 35.2. The number of para-hydroxylation sites is 1. The summed E-state index contributed by atoms with van der Waals surface area (Å²) < 4.78 is 0. The monoisotopic (exact) mass is 1870 g/mol. The molecule has 1 aromatic carbocycles. The second-order valence-electron chi connectivity index (χ2n) is 33.8. The van der Waals surface area contributed by atoms with Gasteiger partial charge in [0.2, 0.25) is 88.6 Å². The number of aliphatic hydroxyl groups excluding tert-OH is 4. The summed E-state index contributed by atoms with van der Waals surface area (Å²) in [7, 11) is 0. The van der Waals surface area contributed by atoms with Gasteiger partial charge in [-0.05, 0) is 135 Å². The van der Waals surface area contributed by atoms with E-state index in [4.69, 9.17) is 22.0 Å². The molecule has 1 aromatic heterocycles. The molecule has 3 heterocycles. The number of carbonyl (C=O) groups excluding carboxylic acids is 15. The van der Waals surface area contributed by atoms with Crippen molar-refractivity contribution < 1.29 is 142 Å². The Morgan fingerprint density at radius 3 is 1.28 bits per heavy atom. The van der Waals surface area contributed by atoms with Gasteiger partial charge in [-0.15, -0.1) is 0 Å². The molecule has 2 aliphatic heterocycles.